The summed E-state index contributed by atoms with van der Waals surface area (Å²) in [7, 11) is 5.34. The van der Waals surface area contributed by atoms with Gasteiger partial charge in [0, 0.05) is 11.6 Å². The number of ketones is 1. The number of carbonyl (C=O) groups is 2. The summed E-state index contributed by atoms with van der Waals surface area (Å²) in [6.45, 7) is 3.29. The second-order valence-corrected chi connectivity index (χ2v) is 8.59. The van der Waals surface area contributed by atoms with Gasteiger partial charge in [-0.25, -0.2) is 0 Å². The van der Waals surface area contributed by atoms with Crippen LogP contribution in [0.25, 0.3) is 5.76 Å². The number of phenolic OH excluding ortho intramolecular Hbond substituents is 1. The number of phenols is 1. The number of methoxy groups -OCH3 is 1. The largest absolute Gasteiger partial charge is 0.507 e. The van der Waals surface area contributed by atoms with E-state index >= 15 is 0 Å². The van der Waals surface area contributed by atoms with Crippen LogP contribution in [0.3, 0.4) is 0 Å². The summed E-state index contributed by atoms with van der Waals surface area (Å²) in [5, 5.41) is 21.7. The minimum Gasteiger partial charge on any atom is -0.507 e. The molecule has 1 amide bonds. The predicted octanol–water partition coefficient (Wildman–Crippen LogP) is 3.83. The first kappa shape index (κ1) is 25.4. The van der Waals surface area contributed by atoms with Gasteiger partial charge in [0.15, 0.2) is 11.5 Å². The number of benzene rings is 2. The van der Waals surface area contributed by atoms with Crippen molar-refractivity contribution >= 4 is 29.1 Å². The van der Waals surface area contributed by atoms with E-state index in [9.17, 15) is 19.8 Å². The fraction of sp³-hybridized carbons (Fsp3) is 0.360. The third kappa shape index (κ3) is 5.13. The number of ether oxygens (including phenoxy) is 2. The summed E-state index contributed by atoms with van der Waals surface area (Å²) >= 11 is 6.06. The number of likely N-dealkylation sites (tertiary alicyclic amines) is 1. The molecule has 1 saturated heterocycles. The predicted molar refractivity (Wildman–Crippen MR) is 129 cm³/mol. The molecule has 1 aliphatic rings. The fourth-order valence-corrected chi connectivity index (χ4v) is 4.16. The SMILES string of the molecule is CCOc1ccc([C@@H]2C(=C(O)c3cc(Cl)ccc3O)C(=O)C(=O)N2CCCN(C)C)cc1OC. The summed E-state index contributed by atoms with van der Waals surface area (Å²) < 4.78 is 11.1. The van der Waals surface area contributed by atoms with Crippen LogP contribution in [0, 0.1) is 0 Å². The van der Waals surface area contributed by atoms with Crippen molar-refractivity contribution in [1.82, 2.24) is 9.80 Å². The number of aliphatic hydroxyl groups is 1. The zero-order chi connectivity index (χ0) is 25.0. The fourth-order valence-electron chi connectivity index (χ4n) is 3.99. The van der Waals surface area contributed by atoms with Gasteiger partial charge in [-0.05, 0) is 69.9 Å². The molecule has 0 saturated carbocycles. The molecule has 182 valence electrons. The molecule has 0 aromatic heterocycles. The van der Waals surface area contributed by atoms with E-state index in [0.717, 1.165) is 0 Å². The molecule has 2 aromatic carbocycles. The van der Waals surface area contributed by atoms with Gasteiger partial charge in [0.1, 0.15) is 11.5 Å². The normalized spacial score (nSPS) is 17.5. The average Bonchev–Trinajstić information content (AvgIpc) is 3.05. The lowest BCUT2D eigenvalue weighted by Crippen LogP contribution is -2.32. The summed E-state index contributed by atoms with van der Waals surface area (Å²) in [5.41, 5.74) is 0.410. The minimum atomic E-state index is -0.884. The molecular formula is C25H29ClN2O6. The summed E-state index contributed by atoms with van der Waals surface area (Å²) in [4.78, 5) is 29.6. The van der Waals surface area contributed by atoms with Crippen LogP contribution >= 0.6 is 11.6 Å². The minimum absolute atomic E-state index is 0.0262. The first-order valence-corrected chi connectivity index (χ1v) is 11.3. The highest BCUT2D eigenvalue weighted by molar-refractivity contribution is 6.46. The third-order valence-corrected chi connectivity index (χ3v) is 5.80. The number of nitrogens with zero attached hydrogens (tertiary/aromatic N) is 2. The van der Waals surface area contributed by atoms with Crippen molar-refractivity contribution in [1.29, 1.82) is 0 Å². The van der Waals surface area contributed by atoms with Gasteiger partial charge >= 0.3 is 0 Å². The standard InChI is InChI=1S/C25H29ClN2O6/c1-5-34-19-10-7-15(13-20(19)33-4)22-21(23(30)17-14-16(26)8-9-18(17)29)24(31)25(32)28(22)12-6-11-27(2)3/h7-10,13-14,22,29-30H,5-6,11-12H2,1-4H3/t22-/m1/s1. The Hall–Kier alpha value is -3.23. The van der Waals surface area contributed by atoms with Crippen molar-refractivity contribution in [2.75, 3.05) is 40.9 Å². The van der Waals surface area contributed by atoms with Gasteiger partial charge in [0.05, 0.1) is 30.9 Å². The van der Waals surface area contributed by atoms with E-state index in [2.05, 4.69) is 0 Å². The topological polar surface area (TPSA) is 99.5 Å². The maximum Gasteiger partial charge on any atom is 0.295 e. The van der Waals surface area contributed by atoms with Crippen LogP contribution in [-0.4, -0.2) is 72.6 Å². The molecule has 1 aliphatic heterocycles. The smallest absolute Gasteiger partial charge is 0.295 e. The number of rotatable bonds is 9. The van der Waals surface area contributed by atoms with Crippen LogP contribution in [0.15, 0.2) is 42.0 Å². The van der Waals surface area contributed by atoms with Crippen LogP contribution in [0.4, 0.5) is 0 Å². The van der Waals surface area contributed by atoms with Crippen molar-refractivity contribution in [2.24, 2.45) is 0 Å². The Morgan fingerprint density at radius 3 is 2.53 bits per heavy atom. The number of hydrogen-bond acceptors (Lipinski definition) is 7. The Morgan fingerprint density at radius 2 is 1.88 bits per heavy atom. The van der Waals surface area contributed by atoms with Gasteiger partial charge in [-0.2, -0.15) is 0 Å². The Bertz CT molecular complexity index is 1110. The first-order valence-electron chi connectivity index (χ1n) is 10.9. The van der Waals surface area contributed by atoms with Crippen LogP contribution in [-0.2, 0) is 9.59 Å². The molecule has 2 N–H and O–H groups in total. The Morgan fingerprint density at radius 1 is 1.15 bits per heavy atom. The third-order valence-electron chi connectivity index (χ3n) is 5.56. The van der Waals surface area contributed by atoms with Crippen molar-refractivity contribution in [3.63, 3.8) is 0 Å². The zero-order valence-corrected chi connectivity index (χ0v) is 20.4. The van der Waals surface area contributed by atoms with Gasteiger partial charge in [-0.1, -0.05) is 17.7 Å². The number of amides is 1. The highest BCUT2D eigenvalue weighted by Crippen LogP contribution is 2.43. The van der Waals surface area contributed by atoms with Crippen LogP contribution in [0.2, 0.25) is 5.02 Å². The number of Topliss-reactive ketones (excluding diaryl/α,β-unsaturated/α-hetero) is 1. The highest BCUT2D eigenvalue weighted by atomic mass is 35.5. The zero-order valence-electron chi connectivity index (χ0n) is 19.7. The molecule has 1 atom stereocenters. The monoisotopic (exact) mass is 488 g/mol. The molecule has 0 bridgehead atoms. The molecular weight excluding hydrogens is 460 g/mol. The maximum atomic E-state index is 13.1. The molecule has 0 unspecified atom stereocenters. The molecule has 3 rings (SSSR count). The number of aromatic hydroxyl groups is 1. The van der Waals surface area contributed by atoms with Crippen LogP contribution in [0.5, 0.6) is 17.2 Å². The lowest BCUT2D eigenvalue weighted by atomic mass is 9.94. The highest BCUT2D eigenvalue weighted by Gasteiger charge is 2.46. The Labute approximate surface area is 203 Å². The molecule has 0 aliphatic carbocycles. The van der Waals surface area contributed by atoms with Crippen LogP contribution < -0.4 is 9.47 Å². The number of carbonyl (C=O) groups excluding carboxylic acids is 2. The van der Waals surface area contributed by atoms with E-state index in [1.165, 1.54) is 30.2 Å². The number of hydrogen-bond donors (Lipinski definition) is 2. The summed E-state index contributed by atoms with van der Waals surface area (Å²) in [6, 6.07) is 8.36. The lowest BCUT2D eigenvalue weighted by molar-refractivity contribution is -0.139. The van der Waals surface area contributed by atoms with Gasteiger partial charge < -0.3 is 29.5 Å². The molecule has 9 heteroatoms. The summed E-state index contributed by atoms with van der Waals surface area (Å²) in [5.74, 6) is -1.36. The quantitative estimate of drug-likeness (QED) is 0.314. The van der Waals surface area contributed by atoms with Gasteiger partial charge in [-0.3, -0.25) is 9.59 Å². The van der Waals surface area contributed by atoms with E-state index in [-0.39, 0.29) is 21.9 Å². The van der Waals surface area contributed by atoms with Gasteiger partial charge in [0.2, 0.25) is 0 Å². The molecule has 1 fully saturated rings. The second-order valence-electron chi connectivity index (χ2n) is 8.15. The Kier molecular flexibility index (Phi) is 8.06. The summed E-state index contributed by atoms with van der Waals surface area (Å²) in [6.07, 6.45) is 0.618. The number of halogens is 1. The first-order chi connectivity index (χ1) is 16.2. The maximum absolute atomic E-state index is 13.1. The van der Waals surface area contributed by atoms with E-state index < -0.39 is 23.5 Å². The van der Waals surface area contributed by atoms with Gasteiger partial charge in [0.25, 0.3) is 11.7 Å². The van der Waals surface area contributed by atoms with Crippen LogP contribution in [0.1, 0.15) is 30.5 Å². The molecule has 34 heavy (non-hydrogen) atoms. The molecule has 0 radical (unpaired) electrons. The average molecular weight is 489 g/mol. The number of aliphatic hydroxyl groups excluding tert-OH is 1. The van der Waals surface area contributed by atoms with Gasteiger partial charge in [-0.15, -0.1) is 0 Å². The lowest BCUT2D eigenvalue weighted by Gasteiger charge is -2.26. The van der Waals surface area contributed by atoms with Crippen molar-refractivity contribution < 1.29 is 29.3 Å². The second kappa shape index (κ2) is 10.8. The van der Waals surface area contributed by atoms with Crippen molar-refractivity contribution in [3.05, 3.63) is 58.1 Å². The van der Waals surface area contributed by atoms with E-state index in [0.29, 0.717) is 43.2 Å². The molecule has 8 nitrogen and oxygen atoms in total. The van der Waals surface area contributed by atoms with E-state index in [1.54, 1.807) is 18.2 Å². The van der Waals surface area contributed by atoms with E-state index in [4.69, 9.17) is 21.1 Å². The van der Waals surface area contributed by atoms with E-state index in [1.807, 2.05) is 25.9 Å². The molecule has 2 aromatic rings. The van der Waals surface area contributed by atoms with Crippen molar-refractivity contribution in [3.8, 4) is 17.2 Å². The Balaban J connectivity index is 2.18. The molecule has 0 spiro atoms. The van der Waals surface area contributed by atoms with Crippen molar-refractivity contribution in [2.45, 2.75) is 19.4 Å². The molecule has 1 heterocycles.